The van der Waals surface area contributed by atoms with E-state index in [2.05, 4.69) is 48.6 Å². The standard InChI is InChI=1S/C15H27N3/c1-12(2)15-9-16-18(11-15)10-14-5-7-17(8-6-14)13(3)4/h9,11-14H,5-8,10H2,1-4H3. The largest absolute Gasteiger partial charge is 0.301 e. The molecule has 1 aromatic rings. The molecule has 0 aliphatic carbocycles. The fourth-order valence-corrected chi connectivity index (χ4v) is 2.69. The monoisotopic (exact) mass is 249 g/mol. The first-order chi connectivity index (χ1) is 8.56. The van der Waals surface area contributed by atoms with Crippen LogP contribution in [0.3, 0.4) is 0 Å². The van der Waals surface area contributed by atoms with Gasteiger partial charge in [-0.15, -0.1) is 0 Å². The molecule has 0 atom stereocenters. The van der Waals surface area contributed by atoms with Crippen LogP contribution < -0.4 is 0 Å². The van der Waals surface area contributed by atoms with Crippen molar-refractivity contribution in [2.75, 3.05) is 13.1 Å². The summed E-state index contributed by atoms with van der Waals surface area (Å²) in [6.45, 7) is 12.6. The highest BCUT2D eigenvalue weighted by atomic mass is 15.3. The second kappa shape index (κ2) is 5.87. The van der Waals surface area contributed by atoms with Gasteiger partial charge in [0.1, 0.15) is 0 Å². The van der Waals surface area contributed by atoms with E-state index in [1.165, 1.54) is 31.5 Å². The van der Waals surface area contributed by atoms with Crippen molar-refractivity contribution in [3.8, 4) is 0 Å². The van der Waals surface area contributed by atoms with Gasteiger partial charge in [0.2, 0.25) is 0 Å². The highest BCUT2D eigenvalue weighted by Gasteiger charge is 2.21. The quantitative estimate of drug-likeness (QED) is 0.817. The Balaban J connectivity index is 1.84. The number of likely N-dealkylation sites (tertiary alicyclic amines) is 1. The minimum atomic E-state index is 0.585. The maximum Gasteiger partial charge on any atom is 0.0524 e. The molecule has 0 N–H and O–H groups in total. The minimum absolute atomic E-state index is 0.585. The van der Waals surface area contributed by atoms with Crippen molar-refractivity contribution >= 4 is 0 Å². The normalized spacial score (nSPS) is 19.0. The third-order valence-corrected chi connectivity index (χ3v) is 4.14. The minimum Gasteiger partial charge on any atom is -0.301 e. The molecule has 1 fully saturated rings. The van der Waals surface area contributed by atoms with Gasteiger partial charge in [0.15, 0.2) is 0 Å². The zero-order valence-corrected chi connectivity index (χ0v) is 12.3. The first-order valence-electron chi connectivity index (χ1n) is 7.32. The predicted octanol–water partition coefficient (Wildman–Crippen LogP) is 3.13. The molecule has 0 saturated carbocycles. The molecular formula is C15H27N3. The van der Waals surface area contributed by atoms with Crippen LogP contribution in [0.1, 0.15) is 52.0 Å². The van der Waals surface area contributed by atoms with E-state index in [0.29, 0.717) is 12.0 Å². The van der Waals surface area contributed by atoms with Gasteiger partial charge in [0.25, 0.3) is 0 Å². The van der Waals surface area contributed by atoms with Crippen LogP contribution in [0.25, 0.3) is 0 Å². The van der Waals surface area contributed by atoms with Gasteiger partial charge in [-0.2, -0.15) is 5.10 Å². The van der Waals surface area contributed by atoms with Crippen LogP contribution in [-0.4, -0.2) is 33.8 Å². The fraction of sp³-hybridized carbons (Fsp3) is 0.800. The second-order valence-electron chi connectivity index (χ2n) is 6.22. The van der Waals surface area contributed by atoms with Crippen molar-refractivity contribution in [1.29, 1.82) is 0 Å². The van der Waals surface area contributed by atoms with Crippen LogP contribution in [0.2, 0.25) is 0 Å². The Kier molecular flexibility index (Phi) is 4.44. The van der Waals surface area contributed by atoms with Crippen molar-refractivity contribution in [2.45, 2.75) is 59.0 Å². The van der Waals surface area contributed by atoms with Gasteiger partial charge >= 0.3 is 0 Å². The molecule has 0 bridgehead atoms. The van der Waals surface area contributed by atoms with Crippen molar-refractivity contribution < 1.29 is 0 Å². The Morgan fingerprint density at radius 3 is 2.39 bits per heavy atom. The lowest BCUT2D eigenvalue weighted by Crippen LogP contribution is -2.39. The molecule has 1 saturated heterocycles. The molecule has 0 unspecified atom stereocenters. The van der Waals surface area contributed by atoms with E-state index in [1.54, 1.807) is 0 Å². The molecule has 0 spiro atoms. The van der Waals surface area contributed by atoms with E-state index in [9.17, 15) is 0 Å². The zero-order valence-electron chi connectivity index (χ0n) is 12.3. The Bertz CT molecular complexity index is 360. The maximum atomic E-state index is 4.49. The van der Waals surface area contributed by atoms with Gasteiger partial charge in [-0.1, -0.05) is 13.8 Å². The topological polar surface area (TPSA) is 21.1 Å². The summed E-state index contributed by atoms with van der Waals surface area (Å²) in [5, 5.41) is 4.49. The molecule has 3 nitrogen and oxygen atoms in total. The van der Waals surface area contributed by atoms with Crippen LogP contribution in [0.4, 0.5) is 0 Å². The van der Waals surface area contributed by atoms with Gasteiger partial charge < -0.3 is 4.90 Å². The third-order valence-electron chi connectivity index (χ3n) is 4.14. The lowest BCUT2D eigenvalue weighted by atomic mass is 9.96. The molecule has 1 aliphatic rings. The number of nitrogens with zero attached hydrogens (tertiary/aromatic N) is 3. The summed E-state index contributed by atoms with van der Waals surface area (Å²) in [6, 6.07) is 0.697. The summed E-state index contributed by atoms with van der Waals surface area (Å²) in [6.07, 6.45) is 6.87. The van der Waals surface area contributed by atoms with Gasteiger partial charge in [0, 0.05) is 18.8 Å². The van der Waals surface area contributed by atoms with Crippen LogP contribution in [0.15, 0.2) is 12.4 Å². The number of aromatic nitrogens is 2. The average Bonchev–Trinajstić information content (AvgIpc) is 2.78. The first kappa shape index (κ1) is 13.6. The predicted molar refractivity (Wildman–Crippen MR) is 75.7 cm³/mol. The lowest BCUT2D eigenvalue weighted by molar-refractivity contribution is 0.140. The van der Waals surface area contributed by atoms with E-state index in [-0.39, 0.29) is 0 Å². The molecule has 2 rings (SSSR count). The molecule has 1 aromatic heterocycles. The fourth-order valence-electron chi connectivity index (χ4n) is 2.69. The first-order valence-corrected chi connectivity index (χ1v) is 7.32. The van der Waals surface area contributed by atoms with E-state index < -0.39 is 0 Å². The smallest absolute Gasteiger partial charge is 0.0524 e. The van der Waals surface area contributed by atoms with E-state index in [4.69, 9.17) is 0 Å². The summed E-state index contributed by atoms with van der Waals surface area (Å²) in [7, 11) is 0. The second-order valence-corrected chi connectivity index (χ2v) is 6.22. The Hall–Kier alpha value is -0.830. The van der Waals surface area contributed by atoms with Crippen molar-refractivity contribution in [3.05, 3.63) is 18.0 Å². The zero-order chi connectivity index (χ0) is 13.1. The van der Waals surface area contributed by atoms with Gasteiger partial charge in [-0.3, -0.25) is 4.68 Å². The molecule has 18 heavy (non-hydrogen) atoms. The summed E-state index contributed by atoms with van der Waals surface area (Å²) >= 11 is 0. The summed E-state index contributed by atoms with van der Waals surface area (Å²) < 4.78 is 2.14. The number of piperidine rings is 1. The van der Waals surface area contributed by atoms with Gasteiger partial charge in [-0.05, 0) is 57.2 Å². The number of rotatable bonds is 4. The van der Waals surface area contributed by atoms with Crippen LogP contribution in [-0.2, 0) is 6.54 Å². The van der Waals surface area contributed by atoms with Crippen molar-refractivity contribution in [1.82, 2.24) is 14.7 Å². The molecule has 1 aliphatic heterocycles. The number of hydrogen-bond donors (Lipinski definition) is 0. The molecule has 0 aromatic carbocycles. The maximum absolute atomic E-state index is 4.49. The Morgan fingerprint density at radius 2 is 1.89 bits per heavy atom. The molecule has 0 radical (unpaired) electrons. The van der Waals surface area contributed by atoms with Crippen molar-refractivity contribution in [2.24, 2.45) is 5.92 Å². The van der Waals surface area contributed by atoms with E-state index in [0.717, 1.165) is 12.5 Å². The Labute approximate surface area is 111 Å². The summed E-state index contributed by atoms with van der Waals surface area (Å²) in [4.78, 5) is 2.58. The average molecular weight is 249 g/mol. The summed E-state index contributed by atoms with van der Waals surface area (Å²) in [5.74, 6) is 1.39. The van der Waals surface area contributed by atoms with Crippen LogP contribution >= 0.6 is 0 Å². The van der Waals surface area contributed by atoms with Crippen LogP contribution in [0, 0.1) is 5.92 Å². The Morgan fingerprint density at radius 1 is 1.22 bits per heavy atom. The van der Waals surface area contributed by atoms with E-state index in [1.807, 2.05) is 6.20 Å². The molecule has 102 valence electrons. The third kappa shape index (κ3) is 3.35. The number of hydrogen-bond acceptors (Lipinski definition) is 2. The molecule has 2 heterocycles. The summed E-state index contributed by atoms with van der Waals surface area (Å²) in [5.41, 5.74) is 1.36. The van der Waals surface area contributed by atoms with Crippen molar-refractivity contribution in [3.63, 3.8) is 0 Å². The molecule has 0 amide bonds. The van der Waals surface area contributed by atoms with Crippen LogP contribution in [0.5, 0.6) is 0 Å². The highest BCUT2D eigenvalue weighted by molar-refractivity contribution is 5.08. The van der Waals surface area contributed by atoms with Gasteiger partial charge in [-0.25, -0.2) is 0 Å². The molecule has 3 heteroatoms. The highest BCUT2D eigenvalue weighted by Crippen LogP contribution is 2.21. The van der Waals surface area contributed by atoms with Gasteiger partial charge in [0.05, 0.1) is 6.20 Å². The molecular weight excluding hydrogens is 222 g/mol. The SMILES string of the molecule is CC(C)c1cnn(CC2CCN(C(C)C)CC2)c1. The van der Waals surface area contributed by atoms with E-state index >= 15 is 0 Å². The lowest BCUT2D eigenvalue weighted by Gasteiger charge is -2.34.